The summed E-state index contributed by atoms with van der Waals surface area (Å²) >= 11 is 6.74. The molecule has 0 aliphatic rings. The highest BCUT2D eigenvalue weighted by molar-refractivity contribution is 9.10. The van der Waals surface area contributed by atoms with Crippen LogP contribution in [0.4, 0.5) is 0 Å². The number of rotatable bonds is 0. The molecule has 0 amide bonds. The lowest BCUT2D eigenvalue weighted by Crippen LogP contribution is -1.78. The molecule has 0 radical (unpaired) electrons. The average molecular weight is 327 g/mol. The van der Waals surface area contributed by atoms with E-state index in [0.717, 1.165) is 20.8 Å². The Labute approximate surface area is 103 Å². The van der Waals surface area contributed by atoms with Crippen molar-refractivity contribution in [2.45, 2.75) is 0 Å². The average Bonchev–Trinajstić information content (AvgIpc) is 2.53. The van der Waals surface area contributed by atoms with Gasteiger partial charge in [0.15, 0.2) is 4.67 Å². The number of furan rings is 1. The fourth-order valence-electron chi connectivity index (χ4n) is 1.58. The van der Waals surface area contributed by atoms with Crippen molar-refractivity contribution < 1.29 is 4.42 Å². The molecule has 2 heterocycles. The Bertz CT molecular complexity index is 660. The third kappa shape index (κ3) is 1.58. The summed E-state index contributed by atoms with van der Waals surface area (Å²) in [6.07, 6.45) is 0. The molecule has 0 N–H and O–H groups in total. The third-order valence-corrected chi connectivity index (χ3v) is 3.12. The lowest BCUT2D eigenvalue weighted by molar-refractivity contribution is 0.577. The van der Waals surface area contributed by atoms with Crippen LogP contribution in [0.2, 0.25) is 0 Å². The van der Waals surface area contributed by atoms with Crippen LogP contribution in [-0.2, 0) is 0 Å². The van der Waals surface area contributed by atoms with Gasteiger partial charge in [0, 0.05) is 21.3 Å². The molecule has 0 aliphatic heterocycles. The second-order valence-electron chi connectivity index (χ2n) is 3.27. The molecule has 0 saturated heterocycles. The summed E-state index contributed by atoms with van der Waals surface area (Å²) in [5.41, 5.74) is 1.60. The summed E-state index contributed by atoms with van der Waals surface area (Å²) in [5, 5.41) is 2.11. The SMILES string of the molecule is Brc1ccc2nc3oc(Br)cc3cc2c1. The number of hydrogen-bond acceptors (Lipinski definition) is 2. The van der Waals surface area contributed by atoms with Gasteiger partial charge in [0.2, 0.25) is 5.71 Å². The summed E-state index contributed by atoms with van der Waals surface area (Å²) in [6, 6.07) is 9.97. The molecule has 1 aromatic carbocycles. The molecule has 2 nitrogen and oxygen atoms in total. The zero-order chi connectivity index (χ0) is 10.4. The van der Waals surface area contributed by atoms with Gasteiger partial charge in [-0.1, -0.05) is 15.9 Å². The van der Waals surface area contributed by atoms with Crippen LogP contribution in [0.5, 0.6) is 0 Å². The van der Waals surface area contributed by atoms with Crippen LogP contribution in [0.3, 0.4) is 0 Å². The van der Waals surface area contributed by atoms with Gasteiger partial charge in [-0.2, -0.15) is 0 Å². The quantitative estimate of drug-likeness (QED) is 0.607. The first kappa shape index (κ1) is 9.36. The van der Waals surface area contributed by atoms with Gasteiger partial charge in [0.25, 0.3) is 0 Å². The van der Waals surface area contributed by atoms with Gasteiger partial charge in [-0.3, -0.25) is 0 Å². The van der Waals surface area contributed by atoms with Crippen molar-refractivity contribution in [2.24, 2.45) is 0 Å². The maximum absolute atomic E-state index is 5.40. The Hall–Kier alpha value is -0.870. The third-order valence-electron chi connectivity index (χ3n) is 2.23. The Kier molecular flexibility index (Phi) is 2.07. The first-order chi connectivity index (χ1) is 7.22. The van der Waals surface area contributed by atoms with Gasteiger partial charge in [0.1, 0.15) is 0 Å². The molecular weight excluding hydrogens is 322 g/mol. The number of nitrogens with zero attached hydrogens (tertiary/aromatic N) is 1. The van der Waals surface area contributed by atoms with Crippen molar-refractivity contribution >= 4 is 53.9 Å². The maximum atomic E-state index is 5.40. The number of fused-ring (bicyclic) bond motifs is 2. The van der Waals surface area contributed by atoms with Gasteiger partial charge in [-0.15, -0.1) is 0 Å². The van der Waals surface area contributed by atoms with E-state index in [-0.39, 0.29) is 0 Å². The van der Waals surface area contributed by atoms with E-state index in [9.17, 15) is 0 Å². The fraction of sp³-hybridized carbons (Fsp3) is 0. The summed E-state index contributed by atoms with van der Waals surface area (Å²) in [5.74, 6) is 0. The topological polar surface area (TPSA) is 26.0 Å². The number of pyridine rings is 1. The molecule has 15 heavy (non-hydrogen) atoms. The smallest absolute Gasteiger partial charge is 0.228 e. The molecule has 0 bridgehead atoms. The van der Waals surface area contributed by atoms with E-state index in [4.69, 9.17) is 4.42 Å². The first-order valence-corrected chi connectivity index (χ1v) is 5.96. The van der Waals surface area contributed by atoms with E-state index in [0.29, 0.717) is 10.4 Å². The minimum absolute atomic E-state index is 0.664. The molecule has 3 rings (SSSR count). The minimum Gasteiger partial charge on any atom is -0.431 e. The van der Waals surface area contributed by atoms with Crippen LogP contribution < -0.4 is 0 Å². The normalized spacial score (nSPS) is 11.3. The summed E-state index contributed by atoms with van der Waals surface area (Å²) < 4.78 is 7.16. The van der Waals surface area contributed by atoms with Crippen LogP contribution in [0.25, 0.3) is 22.0 Å². The van der Waals surface area contributed by atoms with Crippen molar-refractivity contribution in [1.82, 2.24) is 4.98 Å². The van der Waals surface area contributed by atoms with E-state index < -0.39 is 0 Å². The van der Waals surface area contributed by atoms with Crippen LogP contribution in [-0.4, -0.2) is 4.98 Å². The van der Waals surface area contributed by atoms with Crippen molar-refractivity contribution in [3.8, 4) is 0 Å². The predicted octanol–water partition coefficient (Wildman–Crippen LogP) is 4.51. The Balaban J connectivity index is 2.46. The molecule has 4 heteroatoms. The van der Waals surface area contributed by atoms with E-state index in [1.54, 1.807) is 0 Å². The Morgan fingerprint density at radius 3 is 2.73 bits per heavy atom. The summed E-state index contributed by atoms with van der Waals surface area (Å²) in [6.45, 7) is 0. The van der Waals surface area contributed by atoms with Gasteiger partial charge >= 0.3 is 0 Å². The van der Waals surface area contributed by atoms with E-state index in [1.165, 1.54) is 0 Å². The number of halogens is 2. The lowest BCUT2D eigenvalue weighted by Gasteiger charge is -1.97. The number of benzene rings is 1. The first-order valence-electron chi connectivity index (χ1n) is 4.38. The molecule has 0 unspecified atom stereocenters. The Morgan fingerprint density at radius 2 is 1.87 bits per heavy atom. The van der Waals surface area contributed by atoms with Gasteiger partial charge in [-0.05, 0) is 40.2 Å². The predicted molar refractivity (Wildman–Crippen MR) is 66.9 cm³/mol. The standard InChI is InChI=1S/C11H5Br2NO/c12-8-1-2-9-6(4-8)3-7-5-10(13)15-11(7)14-9/h1-5H. The van der Waals surface area contributed by atoms with Crippen molar-refractivity contribution in [3.63, 3.8) is 0 Å². The lowest BCUT2D eigenvalue weighted by atomic mass is 10.2. The maximum Gasteiger partial charge on any atom is 0.228 e. The van der Waals surface area contributed by atoms with Crippen LogP contribution in [0.15, 0.2) is 43.9 Å². The molecule has 0 saturated carbocycles. The van der Waals surface area contributed by atoms with E-state index in [2.05, 4.69) is 42.9 Å². The summed E-state index contributed by atoms with van der Waals surface area (Å²) in [4.78, 5) is 4.42. The molecule has 74 valence electrons. The molecule has 3 aromatic rings. The number of hydrogen-bond donors (Lipinski definition) is 0. The molecule has 2 aromatic heterocycles. The second-order valence-corrected chi connectivity index (χ2v) is 4.97. The second kappa shape index (κ2) is 3.32. The highest BCUT2D eigenvalue weighted by Gasteiger charge is 2.05. The van der Waals surface area contributed by atoms with Crippen molar-refractivity contribution in [1.29, 1.82) is 0 Å². The fourth-order valence-corrected chi connectivity index (χ4v) is 2.35. The highest BCUT2D eigenvalue weighted by Crippen LogP contribution is 2.26. The molecule has 0 aliphatic carbocycles. The molecule has 0 spiro atoms. The van der Waals surface area contributed by atoms with Crippen molar-refractivity contribution in [3.05, 3.63) is 39.5 Å². The molecule has 0 fully saturated rings. The molecule has 0 atom stereocenters. The van der Waals surface area contributed by atoms with Gasteiger partial charge in [-0.25, -0.2) is 4.98 Å². The Morgan fingerprint density at radius 1 is 1.00 bits per heavy atom. The van der Waals surface area contributed by atoms with Gasteiger partial charge in [0.05, 0.1) is 5.52 Å². The van der Waals surface area contributed by atoms with Crippen LogP contribution in [0, 0.1) is 0 Å². The largest absolute Gasteiger partial charge is 0.431 e. The molecular formula is C11H5Br2NO. The number of aromatic nitrogens is 1. The summed E-state index contributed by atoms with van der Waals surface area (Å²) in [7, 11) is 0. The van der Waals surface area contributed by atoms with Gasteiger partial charge < -0.3 is 4.42 Å². The van der Waals surface area contributed by atoms with Crippen molar-refractivity contribution in [2.75, 3.05) is 0 Å². The van der Waals surface area contributed by atoms with E-state index >= 15 is 0 Å². The minimum atomic E-state index is 0.664. The zero-order valence-corrected chi connectivity index (χ0v) is 10.7. The van der Waals surface area contributed by atoms with E-state index in [1.807, 2.05) is 24.3 Å². The highest BCUT2D eigenvalue weighted by atomic mass is 79.9. The monoisotopic (exact) mass is 325 g/mol. The van der Waals surface area contributed by atoms with Crippen LogP contribution in [0.1, 0.15) is 0 Å². The zero-order valence-electron chi connectivity index (χ0n) is 7.50. The van der Waals surface area contributed by atoms with Crippen LogP contribution >= 0.6 is 31.9 Å².